The Morgan fingerprint density at radius 3 is 1.38 bits per heavy atom. The third kappa shape index (κ3) is 3.52. The summed E-state index contributed by atoms with van der Waals surface area (Å²) in [4.78, 5) is 2.80. The molecule has 0 unspecified atom stereocenters. The largest absolute Gasteiger partial charge is 0.0895 e. The van der Waals surface area contributed by atoms with Crippen molar-refractivity contribution in [2.45, 2.75) is 63.2 Å². The van der Waals surface area contributed by atoms with Gasteiger partial charge in [0.2, 0.25) is 0 Å². The van der Waals surface area contributed by atoms with Crippen molar-refractivity contribution >= 4 is 11.8 Å². The highest BCUT2D eigenvalue weighted by Gasteiger charge is 2.14. The lowest BCUT2D eigenvalue weighted by Gasteiger charge is -2.19. The second kappa shape index (κ2) is 6.70. The van der Waals surface area contributed by atoms with E-state index in [9.17, 15) is 0 Å². The number of hydrogen-bond donors (Lipinski definition) is 0. The van der Waals surface area contributed by atoms with Crippen LogP contribution in [0.2, 0.25) is 0 Å². The van der Waals surface area contributed by atoms with E-state index in [0.29, 0.717) is 11.8 Å². The Labute approximate surface area is 134 Å². The molecule has 2 aromatic carbocycles. The number of aryl methyl sites for hydroxylation is 2. The molecule has 1 heteroatoms. The van der Waals surface area contributed by atoms with Gasteiger partial charge in [0.05, 0.1) is 0 Å². The number of rotatable bonds is 4. The van der Waals surface area contributed by atoms with E-state index in [1.807, 2.05) is 11.8 Å². The van der Waals surface area contributed by atoms with Gasteiger partial charge in [-0.3, -0.25) is 0 Å². The maximum atomic E-state index is 2.28. The zero-order valence-electron chi connectivity index (χ0n) is 14.0. The Balaban J connectivity index is 2.49. The summed E-state index contributed by atoms with van der Waals surface area (Å²) in [5.74, 6) is 1.11. The van der Waals surface area contributed by atoms with Crippen LogP contribution >= 0.6 is 11.8 Å². The van der Waals surface area contributed by atoms with Gasteiger partial charge in [0, 0.05) is 9.79 Å². The first-order chi connectivity index (χ1) is 9.91. The summed E-state index contributed by atoms with van der Waals surface area (Å²) in [6.45, 7) is 13.6. The smallest absolute Gasteiger partial charge is 0.0159 e. The molecular formula is C20H26S. The number of hydrogen-bond acceptors (Lipinski definition) is 1. The van der Waals surface area contributed by atoms with Crippen molar-refractivity contribution in [3.8, 4) is 0 Å². The van der Waals surface area contributed by atoms with Crippen LogP contribution in [0.1, 0.15) is 61.8 Å². The first kappa shape index (κ1) is 16.2. The van der Waals surface area contributed by atoms with Crippen LogP contribution in [0.3, 0.4) is 0 Å². The Morgan fingerprint density at radius 2 is 1.05 bits per heavy atom. The fourth-order valence-electron chi connectivity index (χ4n) is 3.08. The highest BCUT2D eigenvalue weighted by Crippen LogP contribution is 2.39. The average Bonchev–Trinajstić information content (AvgIpc) is 2.37. The summed E-state index contributed by atoms with van der Waals surface area (Å²) in [6.07, 6.45) is 0. The molecule has 0 N–H and O–H groups in total. The lowest BCUT2D eigenvalue weighted by atomic mass is 9.98. The predicted octanol–water partition coefficient (Wildman–Crippen LogP) is 6.70. The molecule has 112 valence electrons. The van der Waals surface area contributed by atoms with Gasteiger partial charge in [0.1, 0.15) is 0 Å². The SMILES string of the molecule is Cc1cccc(Sc2cccc(C)c2C(C)C)c1C(C)C. The fraction of sp³-hybridized carbons (Fsp3) is 0.400. The standard InChI is InChI=1S/C20H26S/c1-13(2)19-15(5)9-7-11-17(19)21-18-12-8-10-16(6)20(18)14(3)4/h7-14H,1-6H3. The Bertz CT molecular complexity index is 568. The monoisotopic (exact) mass is 298 g/mol. The van der Waals surface area contributed by atoms with Gasteiger partial charge in [-0.05, 0) is 60.1 Å². The minimum absolute atomic E-state index is 0.556. The number of benzene rings is 2. The molecular weight excluding hydrogens is 272 g/mol. The lowest BCUT2D eigenvalue weighted by Crippen LogP contribution is -1.98. The molecule has 0 atom stereocenters. The van der Waals surface area contributed by atoms with Gasteiger partial charge < -0.3 is 0 Å². The highest BCUT2D eigenvalue weighted by molar-refractivity contribution is 7.99. The fourth-order valence-corrected chi connectivity index (χ4v) is 4.63. The van der Waals surface area contributed by atoms with Crippen LogP contribution in [0.15, 0.2) is 46.2 Å². The van der Waals surface area contributed by atoms with E-state index in [1.165, 1.54) is 32.0 Å². The summed E-state index contributed by atoms with van der Waals surface area (Å²) in [6, 6.07) is 13.3. The topological polar surface area (TPSA) is 0 Å². The van der Waals surface area contributed by atoms with Crippen LogP contribution < -0.4 is 0 Å². The van der Waals surface area contributed by atoms with Crippen molar-refractivity contribution in [1.82, 2.24) is 0 Å². The highest BCUT2D eigenvalue weighted by atomic mass is 32.2. The Morgan fingerprint density at radius 1 is 0.667 bits per heavy atom. The van der Waals surface area contributed by atoms with Crippen LogP contribution in [-0.2, 0) is 0 Å². The van der Waals surface area contributed by atoms with Crippen LogP contribution in [-0.4, -0.2) is 0 Å². The van der Waals surface area contributed by atoms with Gasteiger partial charge in [0.15, 0.2) is 0 Å². The minimum Gasteiger partial charge on any atom is -0.0895 e. The predicted molar refractivity (Wildman–Crippen MR) is 94.7 cm³/mol. The van der Waals surface area contributed by atoms with Crippen LogP contribution in [0.25, 0.3) is 0 Å². The molecule has 0 spiro atoms. The van der Waals surface area contributed by atoms with Crippen molar-refractivity contribution in [3.05, 3.63) is 58.7 Å². The summed E-state index contributed by atoms with van der Waals surface area (Å²) < 4.78 is 0. The Hall–Kier alpha value is -1.21. The van der Waals surface area contributed by atoms with Crippen molar-refractivity contribution in [2.75, 3.05) is 0 Å². The molecule has 0 saturated carbocycles. The molecule has 0 heterocycles. The second-order valence-corrected chi connectivity index (χ2v) is 7.47. The maximum Gasteiger partial charge on any atom is 0.0159 e. The van der Waals surface area contributed by atoms with E-state index < -0.39 is 0 Å². The average molecular weight is 298 g/mol. The zero-order chi connectivity index (χ0) is 15.6. The van der Waals surface area contributed by atoms with Crippen LogP contribution in [0.5, 0.6) is 0 Å². The summed E-state index contributed by atoms with van der Waals surface area (Å²) in [5.41, 5.74) is 5.76. The molecule has 0 aromatic heterocycles. The zero-order valence-corrected chi connectivity index (χ0v) is 14.8. The van der Waals surface area contributed by atoms with Gasteiger partial charge in [-0.25, -0.2) is 0 Å². The van der Waals surface area contributed by atoms with E-state index in [2.05, 4.69) is 77.9 Å². The van der Waals surface area contributed by atoms with Crippen LogP contribution in [0, 0.1) is 13.8 Å². The summed E-state index contributed by atoms with van der Waals surface area (Å²) >= 11 is 1.93. The van der Waals surface area contributed by atoms with Gasteiger partial charge in [0.25, 0.3) is 0 Å². The van der Waals surface area contributed by atoms with Crippen LogP contribution in [0.4, 0.5) is 0 Å². The molecule has 2 aromatic rings. The molecule has 0 fully saturated rings. The first-order valence-electron chi connectivity index (χ1n) is 7.78. The van der Waals surface area contributed by atoms with E-state index in [1.54, 1.807) is 0 Å². The quantitative estimate of drug-likeness (QED) is 0.605. The van der Waals surface area contributed by atoms with Gasteiger partial charge >= 0.3 is 0 Å². The van der Waals surface area contributed by atoms with Crippen molar-refractivity contribution < 1.29 is 0 Å². The molecule has 21 heavy (non-hydrogen) atoms. The molecule has 0 aliphatic rings. The van der Waals surface area contributed by atoms with Gasteiger partial charge in [-0.15, -0.1) is 0 Å². The van der Waals surface area contributed by atoms with Crippen molar-refractivity contribution in [1.29, 1.82) is 0 Å². The second-order valence-electron chi connectivity index (χ2n) is 6.38. The summed E-state index contributed by atoms with van der Waals surface area (Å²) in [7, 11) is 0. The molecule has 0 aliphatic heterocycles. The first-order valence-corrected chi connectivity index (χ1v) is 8.60. The molecule has 0 bridgehead atoms. The third-order valence-corrected chi connectivity index (χ3v) is 5.09. The lowest BCUT2D eigenvalue weighted by molar-refractivity contribution is 0.824. The molecule has 0 saturated heterocycles. The van der Waals surface area contributed by atoms with Gasteiger partial charge in [-0.2, -0.15) is 0 Å². The van der Waals surface area contributed by atoms with E-state index in [4.69, 9.17) is 0 Å². The molecule has 0 aliphatic carbocycles. The maximum absolute atomic E-state index is 2.28. The van der Waals surface area contributed by atoms with Crippen molar-refractivity contribution in [3.63, 3.8) is 0 Å². The molecule has 2 rings (SSSR count). The third-order valence-electron chi connectivity index (χ3n) is 3.94. The normalized spacial score (nSPS) is 11.4. The van der Waals surface area contributed by atoms with E-state index >= 15 is 0 Å². The van der Waals surface area contributed by atoms with E-state index in [0.717, 1.165) is 0 Å². The molecule has 0 amide bonds. The van der Waals surface area contributed by atoms with Crippen molar-refractivity contribution in [2.24, 2.45) is 0 Å². The molecule has 0 radical (unpaired) electrons. The molecule has 0 nitrogen and oxygen atoms in total. The van der Waals surface area contributed by atoms with E-state index in [-0.39, 0.29) is 0 Å². The minimum atomic E-state index is 0.556. The van der Waals surface area contributed by atoms with Gasteiger partial charge in [-0.1, -0.05) is 63.7 Å². The summed E-state index contributed by atoms with van der Waals surface area (Å²) in [5, 5.41) is 0. The Kier molecular flexibility index (Phi) is 5.16.